The van der Waals surface area contributed by atoms with Crippen molar-refractivity contribution in [2.24, 2.45) is 0 Å². The first kappa shape index (κ1) is 9.14. The molecular formula is C8H7BrN4O. The fourth-order valence-corrected chi connectivity index (χ4v) is 1.50. The van der Waals surface area contributed by atoms with Crippen LogP contribution in [0.25, 0.3) is 11.4 Å². The van der Waals surface area contributed by atoms with Crippen molar-refractivity contribution in [2.45, 2.75) is 0 Å². The minimum Gasteiger partial charge on any atom is -0.497 e. The summed E-state index contributed by atoms with van der Waals surface area (Å²) in [5.41, 5.74) is 0.845. The van der Waals surface area contributed by atoms with Gasteiger partial charge in [0.2, 0.25) is 5.82 Å². The molecule has 5 nitrogen and oxygen atoms in total. The standard InChI is InChI=1S/C8H7BrN4O/c1-14-5-2-3-7(9)6(4-5)8-10-12-13-11-8/h2-4H,1H3,(H,10,11,12,13). The summed E-state index contributed by atoms with van der Waals surface area (Å²) in [5.74, 6) is 1.30. The van der Waals surface area contributed by atoms with Crippen molar-refractivity contribution in [1.82, 2.24) is 20.6 Å². The van der Waals surface area contributed by atoms with Gasteiger partial charge in [-0.1, -0.05) is 15.9 Å². The molecule has 1 heterocycles. The Morgan fingerprint density at radius 3 is 2.93 bits per heavy atom. The van der Waals surface area contributed by atoms with Crippen LogP contribution >= 0.6 is 15.9 Å². The molecule has 1 N–H and O–H groups in total. The number of hydrogen-bond donors (Lipinski definition) is 1. The van der Waals surface area contributed by atoms with Gasteiger partial charge in [0.1, 0.15) is 5.75 Å². The zero-order valence-corrected chi connectivity index (χ0v) is 8.95. The van der Waals surface area contributed by atoms with E-state index in [0.717, 1.165) is 15.8 Å². The molecule has 0 aliphatic heterocycles. The van der Waals surface area contributed by atoms with Crippen LogP contribution in [-0.4, -0.2) is 27.7 Å². The second kappa shape index (κ2) is 3.75. The molecule has 6 heteroatoms. The summed E-state index contributed by atoms with van der Waals surface area (Å²) >= 11 is 3.40. The average Bonchev–Trinajstić information content (AvgIpc) is 2.71. The van der Waals surface area contributed by atoms with Crippen molar-refractivity contribution in [1.29, 1.82) is 0 Å². The van der Waals surface area contributed by atoms with Crippen LogP contribution in [0.4, 0.5) is 0 Å². The second-order valence-electron chi connectivity index (χ2n) is 2.58. The van der Waals surface area contributed by atoms with Crippen molar-refractivity contribution >= 4 is 15.9 Å². The lowest BCUT2D eigenvalue weighted by molar-refractivity contribution is 0.415. The number of halogens is 1. The summed E-state index contributed by atoms with van der Waals surface area (Å²) in [6, 6.07) is 5.58. The summed E-state index contributed by atoms with van der Waals surface area (Å²) in [7, 11) is 1.61. The topological polar surface area (TPSA) is 63.7 Å². The first-order valence-electron chi connectivity index (χ1n) is 3.88. The van der Waals surface area contributed by atoms with Gasteiger partial charge in [-0.3, -0.25) is 0 Å². The number of rotatable bonds is 2. The van der Waals surface area contributed by atoms with Gasteiger partial charge in [0, 0.05) is 10.0 Å². The number of nitrogens with zero attached hydrogens (tertiary/aromatic N) is 3. The molecular weight excluding hydrogens is 248 g/mol. The predicted octanol–water partition coefficient (Wildman–Crippen LogP) is 1.64. The molecule has 0 spiro atoms. The van der Waals surface area contributed by atoms with Gasteiger partial charge in [-0.05, 0) is 23.4 Å². The minimum absolute atomic E-state index is 0.538. The van der Waals surface area contributed by atoms with Crippen molar-refractivity contribution in [3.05, 3.63) is 22.7 Å². The van der Waals surface area contributed by atoms with Crippen LogP contribution in [0.15, 0.2) is 22.7 Å². The van der Waals surface area contributed by atoms with Gasteiger partial charge in [0.05, 0.1) is 7.11 Å². The van der Waals surface area contributed by atoms with E-state index in [-0.39, 0.29) is 0 Å². The lowest BCUT2D eigenvalue weighted by Gasteiger charge is -2.02. The fourth-order valence-electron chi connectivity index (χ4n) is 1.08. The Kier molecular flexibility index (Phi) is 2.45. The summed E-state index contributed by atoms with van der Waals surface area (Å²) in [6.07, 6.45) is 0. The molecule has 0 radical (unpaired) electrons. The number of aromatic amines is 1. The highest BCUT2D eigenvalue weighted by Crippen LogP contribution is 2.28. The van der Waals surface area contributed by atoms with Crippen LogP contribution in [0, 0.1) is 0 Å². The highest BCUT2D eigenvalue weighted by molar-refractivity contribution is 9.10. The van der Waals surface area contributed by atoms with Crippen LogP contribution < -0.4 is 4.74 Å². The van der Waals surface area contributed by atoms with Crippen molar-refractivity contribution < 1.29 is 4.74 Å². The number of methoxy groups -OCH3 is 1. The highest BCUT2D eigenvalue weighted by atomic mass is 79.9. The molecule has 2 rings (SSSR count). The Morgan fingerprint density at radius 2 is 2.29 bits per heavy atom. The van der Waals surface area contributed by atoms with Crippen LogP contribution in [-0.2, 0) is 0 Å². The van der Waals surface area contributed by atoms with E-state index in [9.17, 15) is 0 Å². The minimum atomic E-state index is 0.538. The molecule has 0 aliphatic carbocycles. The molecule has 1 aromatic heterocycles. The van der Waals surface area contributed by atoms with Crippen LogP contribution in [0.3, 0.4) is 0 Å². The SMILES string of the molecule is COc1ccc(Br)c(-c2nn[nH]n2)c1. The number of aromatic nitrogens is 4. The Hall–Kier alpha value is -1.43. The zero-order chi connectivity index (χ0) is 9.97. The Labute approximate surface area is 88.6 Å². The Bertz CT molecular complexity index is 429. The molecule has 0 fully saturated rings. The lowest BCUT2D eigenvalue weighted by Crippen LogP contribution is -1.87. The molecule has 72 valence electrons. The van der Waals surface area contributed by atoms with Gasteiger partial charge in [0.25, 0.3) is 0 Å². The van der Waals surface area contributed by atoms with E-state index in [1.165, 1.54) is 0 Å². The van der Waals surface area contributed by atoms with Gasteiger partial charge < -0.3 is 4.74 Å². The smallest absolute Gasteiger partial charge is 0.205 e. The third-order valence-electron chi connectivity index (χ3n) is 1.76. The summed E-state index contributed by atoms with van der Waals surface area (Å²) in [6.45, 7) is 0. The lowest BCUT2D eigenvalue weighted by atomic mass is 10.2. The van der Waals surface area contributed by atoms with Gasteiger partial charge >= 0.3 is 0 Å². The number of tetrazole rings is 1. The van der Waals surface area contributed by atoms with Gasteiger partial charge in [-0.25, -0.2) is 0 Å². The second-order valence-corrected chi connectivity index (χ2v) is 3.44. The van der Waals surface area contributed by atoms with Crippen molar-refractivity contribution in [3.63, 3.8) is 0 Å². The number of benzene rings is 1. The molecule has 0 bridgehead atoms. The molecule has 2 aromatic rings. The first-order chi connectivity index (χ1) is 6.81. The zero-order valence-electron chi connectivity index (χ0n) is 7.36. The Balaban J connectivity index is 2.51. The molecule has 0 amide bonds. The number of H-pyrrole nitrogens is 1. The van der Waals surface area contributed by atoms with Gasteiger partial charge in [0.15, 0.2) is 0 Å². The van der Waals surface area contributed by atoms with Crippen LogP contribution in [0.1, 0.15) is 0 Å². The molecule has 0 saturated carbocycles. The van der Waals surface area contributed by atoms with E-state index in [1.54, 1.807) is 7.11 Å². The van der Waals surface area contributed by atoms with E-state index >= 15 is 0 Å². The normalized spacial score (nSPS) is 10.1. The maximum atomic E-state index is 5.10. The molecule has 0 unspecified atom stereocenters. The summed E-state index contributed by atoms with van der Waals surface area (Å²) in [5, 5.41) is 13.7. The van der Waals surface area contributed by atoms with Crippen molar-refractivity contribution in [3.8, 4) is 17.1 Å². The predicted molar refractivity (Wildman–Crippen MR) is 53.9 cm³/mol. The van der Waals surface area contributed by atoms with E-state index in [2.05, 4.69) is 36.6 Å². The average molecular weight is 255 g/mol. The quantitative estimate of drug-likeness (QED) is 0.885. The molecule has 0 saturated heterocycles. The van der Waals surface area contributed by atoms with Crippen molar-refractivity contribution in [2.75, 3.05) is 7.11 Å². The maximum absolute atomic E-state index is 5.10. The van der Waals surface area contributed by atoms with E-state index in [1.807, 2.05) is 18.2 Å². The maximum Gasteiger partial charge on any atom is 0.205 e. The van der Waals surface area contributed by atoms with Gasteiger partial charge in [-0.15, -0.1) is 10.2 Å². The van der Waals surface area contributed by atoms with Gasteiger partial charge in [-0.2, -0.15) is 5.21 Å². The molecule has 14 heavy (non-hydrogen) atoms. The number of nitrogens with one attached hydrogen (secondary N) is 1. The third-order valence-corrected chi connectivity index (χ3v) is 2.45. The molecule has 0 aliphatic rings. The summed E-state index contributed by atoms with van der Waals surface area (Å²) < 4.78 is 6.00. The molecule has 1 aromatic carbocycles. The van der Waals surface area contributed by atoms with Crippen LogP contribution in [0.2, 0.25) is 0 Å². The van der Waals surface area contributed by atoms with E-state index in [0.29, 0.717) is 5.82 Å². The third kappa shape index (κ3) is 1.60. The largest absolute Gasteiger partial charge is 0.497 e. The fraction of sp³-hybridized carbons (Fsp3) is 0.125. The monoisotopic (exact) mass is 254 g/mol. The Morgan fingerprint density at radius 1 is 1.43 bits per heavy atom. The van der Waals surface area contributed by atoms with Crippen LogP contribution in [0.5, 0.6) is 5.75 Å². The number of ether oxygens (including phenoxy) is 1. The molecule has 0 atom stereocenters. The highest BCUT2D eigenvalue weighted by Gasteiger charge is 2.08. The summed E-state index contributed by atoms with van der Waals surface area (Å²) in [4.78, 5) is 0. The van der Waals surface area contributed by atoms with E-state index in [4.69, 9.17) is 4.74 Å². The first-order valence-corrected chi connectivity index (χ1v) is 4.68. The van der Waals surface area contributed by atoms with E-state index < -0.39 is 0 Å². The number of hydrogen-bond acceptors (Lipinski definition) is 4.